The van der Waals surface area contributed by atoms with Gasteiger partial charge in [0.2, 0.25) is 5.91 Å². The number of aromatic amines is 1. The first-order valence-electron chi connectivity index (χ1n) is 7.67. The predicted octanol–water partition coefficient (Wildman–Crippen LogP) is 2.59. The van der Waals surface area contributed by atoms with Crippen molar-refractivity contribution in [3.05, 3.63) is 40.4 Å². The van der Waals surface area contributed by atoms with E-state index in [0.29, 0.717) is 4.77 Å². The standard InChI is InChI=1S/C16H23N5OS/c1-4-7-14-18-19-16(23)21(14)11-15(22)17-13-9-6-5-8-12(13)10-20(2)3/h5-6,8-9H,4,7,10-11H2,1-3H3,(H,17,22)(H,19,23). The third-order valence-corrected chi connectivity index (χ3v) is 3.70. The van der Waals surface area contributed by atoms with Crippen molar-refractivity contribution in [1.29, 1.82) is 0 Å². The molecule has 6 nitrogen and oxygen atoms in total. The maximum atomic E-state index is 12.4. The smallest absolute Gasteiger partial charge is 0.244 e. The van der Waals surface area contributed by atoms with Crippen LogP contribution in [0.4, 0.5) is 5.69 Å². The van der Waals surface area contributed by atoms with Gasteiger partial charge in [0.05, 0.1) is 0 Å². The number of aromatic nitrogens is 3. The van der Waals surface area contributed by atoms with Gasteiger partial charge in [-0.05, 0) is 44.4 Å². The molecule has 1 aromatic carbocycles. The van der Waals surface area contributed by atoms with Crippen molar-refractivity contribution in [2.75, 3.05) is 19.4 Å². The van der Waals surface area contributed by atoms with E-state index in [1.165, 1.54) is 0 Å². The first-order chi connectivity index (χ1) is 11.0. The summed E-state index contributed by atoms with van der Waals surface area (Å²) < 4.78 is 2.23. The van der Waals surface area contributed by atoms with Crippen molar-refractivity contribution >= 4 is 23.8 Å². The first-order valence-corrected chi connectivity index (χ1v) is 8.08. The average molecular weight is 333 g/mol. The van der Waals surface area contributed by atoms with Gasteiger partial charge in [0, 0.05) is 18.7 Å². The third-order valence-electron chi connectivity index (χ3n) is 3.39. The number of nitrogens with one attached hydrogen (secondary N) is 2. The van der Waals surface area contributed by atoms with Crippen molar-refractivity contribution in [3.63, 3.8) is 0 Å². The van der Waals surface area contributed by atoms with Gasteiger partial charge in [0.15, 0.2) is 4.77 Å². The summed E-state index contributed by atoms with van der Waals surface area (Å²) in [5, 5.41) is 9.92. The molecule has 2 rings (SSSR count). The fraction of sp³-hybridized carbons (Fsp3) is 0.438. The molecule has 0 fully saturated rings. The number of hydrogen-bond acceptors (Lipinski definition) is 4. The van der Waals surface area contributed by atoms with Gasteiger partial charge < -0.3 is 10.2 Å². The maximum Gasteiger partial charge on any atom is 0.244 e. The van der Waals surface area contributed by atoms with Crippen LogP contribution in [-0.2, 0) is 24.3 Å². The highest BCUT2D eigenvalue weighted by molar-refractivity contribution is 7.71. The minimum Gasteiger partial charge on any atom is -0.324 e. The summed E-state index contributed by atoms with van der Waals surface area (Å²) in [5.74, 6) is 0.709. The summed E-state index contributed by atoms with van der Waals surface area (Å²) in [5.41, 5.74) is 1.91. The Labute approximate surface area is 141 Å². The van der Waals surface area contributed by atoms with E-state index in [1.54, 1.807) is 4.57 Å². The number of nitrogens with zero attached hydrogens (tertiary/aromatic N) is 3. The number of H-pyrrole nitrogens is 1. The molecule has 2 N–H and O–H groups in total. The molecule has 0 aliphatic carbocycles. The molecule has 1 heterocycles. The van der Waals surface area contributed by atoms with Crippen LogP contribution in [0.1, 0.15) is 24.7 Å². The lowest BCUT2D eigenvalue weighted by molar-refractivity contribution is -0.116. The fourth-order valence-corrected chi connectivity index (χ4v) is 2.60. The van der Waals surface area contributed by atoms with Crippen LogP contribution in [0.25, 0.3) is 0 Å². The van der Waals surface area contributed by atoms with E-state index in [4.69, 9.17) is 12.2 Å². The zero-order chi connectivity index (χ0) is 16.8. The summed E-state index contributed by atoms with van der Waals surface area (Å²) >= 11 is 5.21. The monoisotopic (exact) mass is 333 g/mol. The largest absolute Gasteiger partial charge is 0.324 e. The molecule has 0 spiro atoms. The molecule has 0 aliphatic rings. The van der Waals surface area contributed by atoms with Crippen molar-refractivity contribution in [3.8, 4) is 0 Å². The minimum absolute atomic E-state index is 0.106. The van der Waals surface area contributed by atoms with Gasteiger partial charge in [-0.1, -0.05) is 25.1 Å². The number of carbonyl (C=O) groups excluding carboxylic acids is 1. The summed E-state index contributed by atoms with van der Waals surface area (Å²) in [6, 6.07) is 7.82. The number of anilines is 1. The van der Waals surface area contributed by atoms with Crippen molar-refractivity contribution in [2.24, 2.45) is 0 Å². The van der Waals surface area contributed by atoms with Crippen molar-refractivity contribution < 1.29 is 4.79 Å². The van der Waals surface area contributed by atoms with Crippen molar-refractivity contribution in [2.45, 2.75) is 32.9 Å². The molecule has 0 atom stereocenters. The SMILES string of the molecule is CCCc1n[nH]c(=S)n1CC(=O)Nc1ccccc1CN(C)C. The second-order valence-electron chi connectivity index (χ2n) is 5.72. The quantitative estimate of drug-likeness (QED) is 0.765. The molecule has 1 aromatic heterocycles. The number of aryl methyl sites for hydroxylation is 1. The maximum absolute atomic E-state index is 12.4. The van der Waals surface area contributed by atoms with E-state index in [0.717, 1.165) is 36.5 Å². The summed E-state index contributed by atoms with van der Waals surface area (Å²) in [4.78, 5) is 14.5. The third kappa shape index (κ3) is 4.74. The second-order valence-corrected chi connectivity index (χ2v) is 6.11. The normalized spacial score (nSPS) is 11.0. The van der Waals surface area contributed by atoms with Gasteiger partial charge in [-0.2, -0.15) is 5.10 Å². The highest BCUT2D eigenvalue weighted by Crippen LogP contribution is 2.16. The summed E-state index contributed by atoms with van der Waals surface area (Å²) in [6.45, 7) is 3.00. The zero-order valence-electron chi connectivity index (χ0n) is 13.8. The minimum atomic E-state index is -0.106. The number of hydrogen-bond donors (Lipinski definition) is 2. The van der Waals surface area contributed by atoms with E-state index in [2.05, 4.69) is 27.3 Å². The number of para-hydroxylation sites is 1. The van der Waals surface area contributed by atoms with Gasteiger partial charge in [0.1, 0.15) is 12.4 Å². The molecule has 0 bridgehead atoms. The summed E-state index contributed by atoms with van der Waals surface area (Å²) in [7, 11) is 4.00. The molecule has 23 heavy (non-hydrogen) atoms. The Hall–Kier alpha value is -1.99. The van der Waals surface area contributed by atoms with Crippen LogP contribution in [0, 0.1) is 4.77 Å². The molecule has 1 amide bonds. The molecule has 7 heteroatoms. The van der Waals surface area contributed by atoms with Gasteiger partial charge in [-0.15, -0.1) is 0 Å². The topological polar surface area (TPSA) is 66.0 Å². The Morgan fingerprint density at radius 2 is 2.13 bits per heavy atom. The number of amides is 1. The second kappa shape index (κ2) is 8.03. The Bertz CT molecular complexity index is 719. The van der Waals surface area contributed by atoms with Gasteiger partial charge in [-0.25, -0.2) is 0 Å². The van der Waals surface area contributed by atoms with Crippen molar-refractivity contribution in [1.82, 2.24) is 19.7 Å². The van der Waals surface area contributed by atoms with E-state index in [1.807, 2.05) is 38.4 Å². The van der Waals surface area contributed by atoms with Crippen LogP contribution in [-0.4, -0.2) is 39.7 Å². The van der Waals surface area contributed by atoms with Gasteiger partial charge in [0.25, 0.3) is 0 Å². The number of benzene rings is 1. The molecule has 124 valence electrons. The summed E-state index contributed by atoms with van der Waals surface area (Å²) in [6.07, 6.45) is 1.74. The molecule has 2 aromatic rings. The highest BCUT2D eigenvalue weighted by atomic mass is 32.1. The highest BCUT2D eigenvalue weighted by Gasteiger charge is 2.12. The van der Waals surface area contributed by atoms with E-state index in [9.17, 15) is 4.79 Å². The van der Waals surface area contributed by atoms with Gasteiger partial charge >= 0.3 is 0 Å². The molecule has 0 aliphatic heterocycles. The van der Waals surface area contributed by atoms with Crippen LogP contribution in [0.2, 0.25) is 0 Å². The average Bonchev–Trinajstić information content (AvgIpc) is 2.82. The molecule has 0 saturated carbocycles. The van der Waals surface area contributed by atoms with Crippen LogP contribution >= 0.6 is 12.2 Å². The van der Waals surface area contributed by atoms with Crippen LogP contribution in [0.3, 0.4) is 0 Å². The predicted molar refractivity (Wildman–Crippen MR) is 93.9 cm³/mol. The van der Waals surface area contributed by atoms with E-state index >= 15 is 0 Å². The Kier molecular flexibility index (Phi) is 6.06. The van der Waals surface area contributed by atoms with E-state index in [-0.39, 0.29) is 12.5 Å². The molecule has 0 radical (unpaired) electrons. The van der Waals surface area contributed by atoms with E-state index < -0.39 is 0 Å². The molecule has 0 saturated heterocycles. The van der Waals surface area contributed by atoms with Crippen LogP contribution in [0.5, 0.6) is 0 Å². The lowest BCUT2D eigenvalue weighted by Crippen LogP contribution is -2.22. The Morgan fingerprint density at radius 3 is 2.83 bits per heavy atom. The Morgan fingerprint density at radius 1 is 1.39 bits per heavy atom. The molecule has 0 unspecified atom stereocenters. The molecular weight excluding hydrogens is 310 g/mol. The van der Waals surface area contributed by atoms with Crippen LogP contribution in [0.15, 0.2) is 24.3 Å². The number of carbonyl (C=O) groups is 1. The number of rotatable bonds is 7. The van der Waals surface area contributed by atoms with Crippen LogP contribution < -0.4 is 5.32 Å². The lowest BCUT2D eigenvalue weighted by atomic mass is 10.1. The lowest BCUT2D eigenvalue weighted by Gasteiger charge is -2.15. The fourth-order valence-electron chi connectivity index (χ4n) is 2.38. The zero-order valence-corrected chi connectivity index (χ0v) is 14.6. The molecular formula is C16H23N5OS. The first kappa shape index (κ1) is 17.4. The Balaban J connectivity index is 2.12. The van der Waals surface area contributed by atoms with Gasteiger partial charge in [-0.3, -0.25) is 14.5 Å².